The minimum atomic E-state index is 0.206. The summed E-state index contributed by atoms with van der Waals surface area (Å²) in [5.41, 5.74) is 9.07. The van der Waals surface area contributed by atoms with Crippen LogP contribution in [-0.2, 0) is 0 Å². The topological polar surface area (TPSA) is 61.3 Å². The zero-order valence-electron chi connectivity index (χ0n) is 24.2. The third-order valence-electron chi connectivity index (χ3n) is 7.23. The number of rotatable bonds is 9. The lowest BCUT2D eigenvalue weighted by Crippen LogP contribution is -2.10. The molecule has 1 aliphatic rings. The summed E-state index contributed by atoms with van der Waals surface area (Å²) < 4.78 is 0. The summed E-state index contributed by atoms with van der Waals surface area (Å²) in [6.07, 6.45) is 25.6. The molecule has 0 saturated heterocycles. The molecule has 2 aromatic heterocycles. The maximum Gasteiger partial charge on any atom is 0.124 e. The Bertz CT molecular complexity index is 1840. The van der Waals surface area contributed by atoms with Crippen molar-refractivity contribution in [2.24, 2.45) is 0 Å². The van der Waals surface area contributed by atoms with E-state index in [1.165, 1.54) is 5.57 Å². The average Bonchev–Trinajstić information content (AvgIpc) is 3.09. The molecular formula is C39H32N4O. The van der Waals surface area contributed by atoms with Crippen molar-refractivity contribution in [3.63, 3.8) is 0 Å². The summed E-state index contributed by atoms with van der Waals surface area (Å²) in [4.78, 5) is 10.3. The predicted molar refractivity (Wildman–Crippen MR) is 183 cm³/mol. The molecule has 0 fully saturated rings. The molecule has 1 aliphatic heterocycles. The zero-order chi connectivity index (χ0) is 30.0. The van der Waals surface area contributed by atoms with E-state index in [1.807, 2.05) is 60.8 Å². The fraction of sp³-hybridized carbons (Fsp3) is 0.0256. The summed E-state index contributed by atoms with van der Waals surface area (Å²) in [6, 6.07) is 30.5. The van der Waals surface area contributed by atoms with Gasteiger partial charge in [0.15, 0.2) is 0 Å². The van der Waals surface area contributed by atoms with Crippen molar-refractivity contribution < 1.29 is 5.11 Å². The molecule has 0 saturated carbocycles. The second-order valence-corrected chi connectivity index (χ2v) is 10.3. The van der Waals surface area contributed by atoms with E-state index in [1.54, 1.807) is 24.8 Å². The third kappa shape index (κ3) is 7.27. The van der Waals surface area contributed by atoms with Gasteiger partial charge in [-0.3, -0.25) is 9.97 Å². The number of phenolic OH excluding ortho intramolecular Hbond substituents is 1. The summed E-state index contributed by atoms with van der Waals surface area (Å²) in [6.45, 7) is 0.841. The summed E-state index contributed by atoms with van der Waals surface area (Å²) in [5.74, 6) is 0.206. The average molecular weight is 573 g/mol. The number of hydrogen-bond acceptors (Lipinski definition) is 5. The fourth-order valence-electron chi connectivity index (χ4n) is 4.84. The van der Waals surface area contributed by atoms with Gasteiger partial charge in [-0.1, -0.05) is 66.8 Å². The van der Waals surface area contributed by atoms with Crippen molar-refractivity contribution >= 4 is 47.4 Å². The normalized spacial score (nSPS) is 13.0. The van der Waals surface area contributed by atoms with Crippen LogP contribution in [0.5, 0.6) is 5.75 Å². The number of dihydropyridines is 1. The molecule has 6 rings (SSSR count). The second-order valence-electron chi connectivity index (χ2n) is 10.3. The molecule has 214 valence electrons. The molecule has 5 nitrogen and oxygen atoms in total. The highest BCUT2D eigenvalue weighted by molar-refractivity contribution is 5.81. The van der Waals surface area contributed by atoms with Crippen molar-refractivity contribution in [2.45, 2.75) is 0 Å². The van der Waals surface area contributed by atoms with E-state index in [0.717, 1.165) is 51.4 Å². The number of aromatic nitrogens is 2. The Morgan fingerprint density at radius 3 is 1.59 bits per heavy atom. The number of anilines is 3. The van der Waals surface area contributed by atoms with E-state index < -0.39 is 0 Å². The van der Waals surface area contributed by atoms with Crippen LogP contribution in [0.25, 0.3) is 30.4 Å². The standard InChI is InChI=1S/C39H32N4O/c44-39-29-38(16-11-35(39)10-5-34-21-27-42-28-22-34)43(36-12-6-30(7-13-36)1-3-32-17-23-40-24-18-32)37-14-8-31(9-15-37)2-4-33-19-25-41-26-20-33/h1-25,27-29,41,44H,26H2/b3-1+,4-2+,10-5+. The van der Waals surface area contributed by atoms with Gasteiger partial charge in [-0.25, -0.2) is 0 Å². The van der Waals surface area contributed by atoms with Gasteiger partial charge < -0.3 is 15.3 Å². The molecule has 2 N–H and O–H groups in total. The molecule has 0 aliphatic carbocycles. The molecule has 5 aromatic rings. The van der Waals surface area contributed by atoms with Gasteiger partial charge in [0, 0.05) is 60.0 Å². The lowest BCUT2D eigenvalue weighted by Gasteiger charge is -2.26. The van der Waals surface area contributed by atoms with E-state index in [0.29, 0.717) is 0 Å². The van der Waals surface area contributed by atoms with Crippen LogP contribution in [0.2, 0.25) is 0 Å². The Morgan fingerprint density at radius 1 is 0.568 bits per heavy atom. The number of nitrogens with zero attached hydrogens (tertiary/aromatic N) is 3. The van der Waals surface area contributed by atoms with E-state index >= 15 is 0 Å². The largest absolute Gasteiger partial charge is 0.507 e. The maximum absolute atomic E-state index is 11.0. The van der Waals surface area contributed by atoms with Crippen LogP contribution >= 0.6 is 0 Å². The van der Waals surface area contributed by atoms with Crippen LogP contribution in [0.1, 0.15) is 27.8 Å². The van der Waals surface area contributed by atoms with E-state index in [2.05, 4.69) is 105 Å². The molecular weight excluding hydrogens is 540 g/mol. The Balaban J connectivity index is 1.30. The van der Waals surface area contributed by atoms with Crippen LogP contribution in [0.3, 0.4) is 0 Å². The van der Waals surface area contributed by atoms with Gasteiger partial charge in [0.2, 0.25) is 0 Å². The number of hydrogen-bond donors (Lipinski definition) is 2. The monoisotopic (exact) mass is 572 g/mol. The quantitative estimate of drug-likeness (QED) is 0.185. The van der Waals surface area contributed by atoms with Crippen molar-refractivity contribution in [3.8, 4) is 5.75 Å². The third-order valence-corrected chi connectivity index (χ3v) is 7.23. The number of phenols is 1. The highest BCUT2D eigenvalue weighted by Gasteiger charge is 2.14. The minimum Gasteiger partial charge on any atom is -0.507 e. The molecule has 3 aromatic carbocycles. The molecule has 3 heterocycles. The zero-order valence-corrected chi connectivity index (χ0v) is 24.2. The van der Waals surface area contributed by atoms with Gasteiger partial charge in [-0.05, 0) is 101 Å². The van der Waals surface area contributed by atoms with Crippen molar-refractivity contribution in [2.75, 3.05) is 11.4 Å². The van der Waals surface area contributed by atoms with Crippen LogP contribution in [0.15, 0.2) is 146 Å². The molecule has 5 heteroatoms. The van der Waals surface area contributed by atoms with Crippen LogP contribution in [0, 0.1) is 0 Å². The van der Waals surface area contributed by atoms with Crippen LogP contribution in [-0.4, -0.2) is 21.6 Å². The van der Waals surface area contributed by atoms with Gasteiger partial charge in [-0.15, -0.1) is 0 Å². The lowest BCUT2D eigenvalue weighted by molar-refractivity contribution is 0.474. The van der Waals surface area contributed by atoms with E-state index in [-0.39, 0.29) is 5.75 Å². The second kappa shape index (κ2) is 13.8. The van der Waals surface area contributed by atoms with E-state index in [9.17, 15) is 5.11 Å². The first-order valence-electron chi connectivity index (χ1n) is 14.5. The van der Waals surface area contributed by atoms with E-state index in [4.69, 9.17) is 0 Å². The van der Waals surface area contributed by atoms with Crippen molar-refractivity contribution in [1.82, 2.24) is 15.3 Å². The summed E-state index contributed by atoms with van der Waals surface area (Å²) in [5, 5.41) is 14.2. The molecule has 44 heavy (non-hydrogen) atoms. The van der Waals surface area contributed by atoms with Gasteiger partial charge >= 0.3 is 0 Å². The SMILES string of the molecule is Oc1cc(N(c2ccc(/C=C/C3=CCNC=C3)cc2)c2ccc(/C=C/c3ccncc3)cc2)ccc1/C=C/c1ccncc1. The molecule has 0 spiro atoms. The first kappa shape index (κ1) is 28.2. The molecule has 0 radical (unpaired) electrons. The molecule has 0 atom stereocenters. The Morgan fingerprint density at radius 2 is 1.07 bits per heavy atom. The number of pyridine rings is 2. The minimum absolute atomic E-state index is 0.206. The predicted octanol–water partition coefficient (Wildman–Crippen LogP) is 9.05. The summed E-state index contributed by atoms with van der Waals surface area (Å²) >= 11 is 0. The summed E-state index contributed by atoms with van der Waals surface area (Å²) in [7, 11) is 0. The Hall–Kier alpha value is -5.94. The van der Waals surface area contributed by atoms with Gasteiger partial charge in [-0.2, -0.15) is 0 Å². The highest BCUT2D eigenvalue weighted by Crippen LogP contribution is 2.37. The maximum atomic E-state index is 11.0. The first-order chi connectivity index (χ1) is 21.7. The molecule has 0 amide bonds. The number of allylic oxidation sites excluding steroid dienone is 3. The fourth-order valence-corrected chi connectivity index (χ4v) is 4.84. The number of nitrogens with one attached hydrogen (secondary N) is 1. The van der Waals surface area contributed by atoms with Gasteiger partial charge in [0.05, 0.1) is 0 Å². The van der Waals surface area contributed by atoms with Gasteiger partial charge in [0.1, 0.15) is 5.75 Å². The molecule has 0 bridgehead atoms. The van der Waals surface area contributed by atoms with Gasteiger partial charge in [0.25, 0.3) is 0 Å². The van der Waals surface area contributed by atoms with Crippen molar-refractivity contribution in [1.29, 1.82) is 0 Å². The smallest absolute Gasteiger partial charge is 0.124 e. The molecule has 0 unspecified atom stereocenters. The van der Waals surface area contributed by atoms with Crippen molar-refractivity contribution in [3.05, 3.63) is 174 Å². The van der Waals surface area contributed by atoms with Crippen LogP contribution < -0.4 is 10.2 Å². The first-order valence-corrected chi connectivity index (χ1v) is 14.5. The highest BCUT2D eigenvalue weighted by atomic mass is 16.3. The number of aromatic hydroxyl groups is 1. The Labute approximate surface area is 258 Å². The Kier molecular flexibility index (Phi) is 8.85. The van der Waals surface area contributed by atoms with Crippen LogP contribution in [0.4, 0.5) is 17.1 Å². The lowest BCUT2D eigenvalue weighted by atomic mass is 10.1. The number of benzene rings is 3.